The second-order valence-electron chi connectivity index (χ2n) is 11.6. The van der Waals surface area contributed by atoms with Gasteiger partial charge in [-0.2, -0.15) is 9.65 Å². The van der Waals surface area contributed by atoms with Crippen molar-refractivity contribution in [3.05, 3.63) is 76.7 Å². The van der Waals surface area contributed by atoms with Crippen LogP contribution < -0.4 is 10.6 Å². The van der Waals surface area contributed by atoms with Crippen LogP contribution in [-0.2, 0) is 17.9 Å². The van der Waals surface area contributed by atoms with Gasteiger partial charge >= 0.3 is 0 Å². The van der Waals surface area contributed by atoms with E-state index in [0.717, 1.165) is 41.6 Å². The van der Waals surface area contributed by atoms with E-state index in [4.69, 9.17) is 4.98 Å². The highest BCUT2D eigenvalue weighted by atomic mass is 32.1. The van der Waals surface area contributed by atoms with Gasteiger partial charge in [0.25, 0.3) is 11.8 Å². The summed E-state index contributed by atoms with van der Waals surface area (Å²) in [5.41, 5.74) is 3.29. The average Bonchev–Trinajstić information content (AvgIpc) is 3.39. The van der Waals surface area contributed by atoms with Crippen molar-refractivity contribution >= 4 is 40.1 Å². The molecule has 3 N–H and O–H groups in total. The summed E-state index contributed by atoms with van der Waals surface area (Å²) in [6.07, 6.45) is 6.79. The van der Waals surface area contributed by atoms with Gasteiger partial charge in [0, 0.05) is 42.8 Å². The highest BCUT2D eigenvalue weighted by Gasteiger charge is 2.33. The maximum Gasteiger partial charge on any atom is 0.268 e. The third kappa shape index (κ3) is 6.96. The van der Waals surface area contributed by atoms with Gasteiger partial charge in [-0.05, 0) is 80.0 Å². The number of thiophene rings is 1. The van der Waals surface area contributed by atoms with E-state index >= 15 is 0 Å². The van der Waals surface area contributed by atoms with E-state index in [9.17, 15) is 24.3 Å². The van der Waals surface area contributed by atoms with Crippen LogP contribution in [0.15, 0.2) is 60.3 Å². The zero-order chi connectivity index (χ0) is 31.5. The first-order valence-electron chi connectivity index (χ1n) is 15.1. The molecule has 45 heavy (non-hydrogen) atoms. The van der Waals surface area contributed by atoms with Crippen LogP contribution in [0.1, 0.15) is 47.8 Å². The number of allylic oxidation sites excluding steroid dienone is 1. The molecular formula is C33H34FN7O3S. The van der Waals surface area contributed by atoms with Crippen molar-refractivity contribution in [1.82, 2.24) is 24.8 Å². The van der Waals surface area contributed by atoms with E-state index < -0.39 is 5.95 Å². The number of nitrogens with zero attached hydrogens (tertiary/aromatic N) is 5. The van der Waals surface area contributed by atoms with Crippen LogP contribution in [-0.4, -0.2) is 61.6 Å². The molecule has 232 valence electrons. The molecule has 2 aliphatic rings. The number of aliphatic hydroxyl groups excluding tert-OH is 1. The number of aliphatic hydroxyl groups is 1. The lowest BCUT2D eigenvalue weighted by Crippen LogP contribution is -2.39. The smallest absolute Gasteiger partial charge is 0.268 e. The normalized spacial score (nSPS) is 17.4. The molecule has 1 aliphatic carbocycles. The monoisotopic (exact) mass is 627 g/mol. The van der Waals surface area contributed by atoms with Gasteiger partial charge < -0.3 is 19.9 Å². The van der Waals surface area contributed by atoms with E-state index in [0.29, 0.717) is 47.5 Å². The van der Waals surface area contributed by atoms with Crippen molar-refractivity contribution in [2.24, 2.45) is 5.92 Å². The number of likely N-dealkylation sites (tertiary alicyclic amines) is 1. The van der Waals surface area contributed by atoms with E-state index in [-0.39, 0.29) is 36.1 Å². The van der Waals surface area contributed by atoms with Gasteiger partial charge in [0.05, 0.1) is 28.6 Å². The number of hydrogen-bond acceptors (Lipinski definition) is 8. The Morgan fingerprint density at radius 2 is 2.07 bits per heavy atom. The number of nitrogens with one attached hydrogen (secondary N) is 2. The Morgan fingerprint density at radius 1 is 1.22 bits per heavy atom. The number of fused-ring (bicyclic) bond motifs is 1. The SMILES string of the molecule is CC(CO)NCc1ccc2c(c1)nc(NC(=O)c1ccc(-c3ccnc(F)c3)s1)n2CC1CCCN1C(=O)C(C#N)=CC1CC1. The number of nitriles is 1. The average molecular weight is 628 g/mol. The van der Waals surface area contributed by atoms with Gasteiger partial charge in [0.1, 0.15) is 11.6 Å². The number of benzene rings is 1. The third-order valence-corrected chi connectivity index (χ3v) is 9.35. The van der Waals surface area contributed by atoms with Gasteiger partial charge in [0.2, 0.25) is 11.9 Å². The topological polar surface area (TPSA) is 136 Å². The van der Waals surface area contributed by atoms with Crippen LogP contribution >= 0.6 is 11.3 Å². The van der Waals surface area contributed by atoms with Crippen LogP contribution in [0.25, 0.3) is 21.5 Å². The fourth-order valence-corrected chi connectivity index (χ4v) is 6.47. The van der Waals surface area contributed by atoms with Crippen LogP contribution in [0.4, 0.5) is 10.3 Å². The lowest BCUT2D eigenvalue weighted by atomic mass is 10.1. The summed E-state index contributed by atoms with van der Waals surface area (Å²) in [4.78, 5) is 38.3. The van der Waals surface area contributed by atoms with E-state index in [1.807, 2.05) is 29.7 Å². The van der Waals surface area contributed by atoms with E-state index in [1.54, 1.807) is 29.2 Å². The summed E-state index contributed by atoms with van der Waals surface area (Å²) in [5, 5.41) is 25.3. The van der Waals surface area contributed by atoms with Crippen LogP contribution in [0.3, 0.4) is 0 Å². The van der Waals surface area contributed by atoms with Crippen molar-refractivity contribution in [2.45, 2.75) is 57.8 Å². The maximum atomic E-state index is 13.7. The summed E-state index contributed by atoms with van der Waals surface area (Å²) < 4.78 is 15.6. The molecule has 10 nitrogen and oxygen atoms in total. The molecule has 12 heteroatoms. The second kappa shape index (κ2) is 13.3. The second-order valence-corrected chi connectivity index (χ2v) is 12.7. The Bertz CT molecular complexity index is 1810. The number of pyridine rings is 1. The molecule has 4 aromatic rings. The first kappa shape index (κ1) is 30.6. The predicted octanol–water partition coefficient (Wildman–Crippen LogP) is 4.87. The van der Waals surface area contributed by atoms with E-state index in [1.165, 1.54) is 23.6 Å². The minimum absolute atomic E-state index is 0.0214. The summed E-state index contributed by atoms with van der Waals surface area (Å²) in [7, 11) is 0. The van der Waals surface area contributed by atoms with Gasteiger partial charge in [-0.1, -0.05) is 12.1 Å². The highest BCUT2D eigenvalue weighted by molar-refractivity contribution is 7.17. The van der Waals surface area contributed by atoms with Gasteiger partial charge in [-0.15, -0.1) is 11.3 Å². The number of halogens is 1. The number of carbonyl (C=O) groups is 2. The Balaban J connectivity index is 1.29. The van der Waals surface area contributed by atoms with Crippen LogP contribution in [0.5, 0.6) is 0 Å². The number of amides is 2. The molecule has 1 saturated heterocycles. The molecular weight excluding hydrogens is 593 g/mol. The van der Waals surface area contributed by atoms with Crippen molar-refractivity contribution in [3.8, 4) is 16.5 Å². The number of hydrogen-bond donors (Lipinski definition) is 3. The quantitative estimate of drug-likeness (QED) is 0.123. The Hall–Kier alpha value is -4.44. The summed E-state index contributed by atoms with van der Waals surface area (Å²) in [6.45, 7) is 3.41. The fraction of sp³-hybridized carbons (Fsp3) is 0.364. The lowest BCUT2D eigenvalue weighted by molar-refractivity contribution is -0.127. The Morgan fingerprint density at radius 3 is 2.82 bits per heavy atom. The zero-order valence-corrected chi connectivity index (χ0v) is 25.7. The summed E-state index contributed by atoms with van der Waals surface area (Å²) in [6, 6.07) is 14.2. The number of anilines is 1. The third-order valence-electron chi connectivity index (χ3n) is 8.21. The summed E-state index contributed by atoms with van der Waals surface area (Å²) in [5.74, 6) is -0.530. The number of carbonyl (C=O) groups excluding carboxylic acids is 2. The minimum atomic E-state index is -0.592. The molecule has 2 unspecified atom stereocenters. The largest absolute Gasteiger partial charge is 0.395 e. The minimum Gasteiger partial charge on any atom is -0.395 e. The molecule has 0 spiro atoms. The highest BCUT2D eigenvalue weighted by Crippen LogP contribution is 2.33. The molecule has 4 heterocycles. The molecule has 3 aromatic heterocycles. The first-order valence-corrected chi connectivity index (χ1v) is 15.9. The number of rotatable bonds is 11. The molecule has 6 rings (SSSR count). The van der Waals surface area contributed by atoms with Crippen LogP contribution in [0, 0.1) is 23.2 Å². The predicted molar refractivity (Wildman–Crippen MR) is 170 cm³/mol. The van der Waals surface area contributed by atoms with Gasteiger partial charge in [0.15, 0.2) is 0 Å². The lowest BCUT2D eigenvalue weighted by Gasteiger charge is -2.26. The molecule has 0 bridgehead atoms. The van der Waals surface area contributed by atoms with Gasteiger partial charge in [-0.25, -0.2) is 9.97 Å². The van der Waals surface area contributed by atoms with E-state index in [2.05, 4.69) is 21.7 Å². The van der Waals surface area contributed by atoms with Crippen molar-refractivity contribution in [3.63, 3.8) is 0 Å². The van der Waals surface area contributed by atoms with Crippen molar-refractivity contribution < 1.29 is 19.1 Å². The molecule has 1 saturated carbocycles. The van der Waals surface area contributed by atoms with Crippen molar-refractivity contribution in [2.75, 3.05) is 18.5 Å². The molecule has 0 radical (unpaired) electrons. The van der Waals surface area contributed by atoms with Crippen LogP contribution in [0.2, 0.25) is 0 Å². The molecule has 1 aromatic carbocycles. The Labute approximate surface area is 264 Å². The maximum absolute atomic E-state index is 13.7. The molecule has 2 fully saturated rings. The van der Waals surface area contributed by atoms with Gasteiger partial charge in [-0.3, -0.25) is 14.9 Å². The zero-order valence-electron chi connectivity index (χ0n) is 24.9. The molecule has 2 atom stereocenters. The first-order chi connectivity index (χ1) is 21.8. The molecule has 2 amide bonds. The fourth-order valence-electron chi connectivity index (χ4n) is 5.57. The van der Waals surface area contributed by atoms with Crippen molar-refractivity contribution in [1.29, 1.82) is 5.26 Å². The number of imidazole rings is 1. The number of aromatic nitrogens is 3. The molecule has 1 aliphatic heterocycles. The Kier molecular flexibility index (Phi) is 9.02. The standard InChI is InChI=1S/C33H34FN7O3S/c1-20(19-42)37-17-22-6-7-27-26(14-22)38-33(39-31(43)29-9-8-28(45-29)23-10-11-36-30(34)15-23)41(27)18-25-3-2-12-40(25)32(44)24(16-35)13-21-4-5-21/h6-11,13-15,20-21,25,37,42H,2-5,12,17-19H2,1H3,(H,38,39,43). The summed E-state index contributed by atoms with van der Waals surface area (Å²) >= 11 is 1.24.